The third kappa shape index (κ3) is 3.94. The van der Waals surface area contributed by atoms with Crippen LogP contribution >= 0.6 is 0 Å². The van der Waals surface area contributed by atoms with Crippen molar-refractivity contribution in [1.82, 2.24) is 9.55 Å². The highest BCUT2D eigenvalue weighted by Gasteiger charge is 2.12. The van der Waals surface area contributed by atoms with Gasteiger partial charge < -0.3 is 10.1 Å². The van der Waals surface area contributed by atoms with Gasteiger partial charge in [0.05, 0.1) is 11.4 Å². The number of H-pyrrole nitrogens is 1. The maximum absolute atomic E-state index is 12.6. The summed E-state index contributed by atoms with van der Waals surface area (Å²) in [4.78, 5) is 27.7. The lowest BCUT2D eigenvalue weighted by atomic mass is 10.1. The lowest BCUT2D eigenvalue weighted by Gasteiger charge is -2.09. The van der Waals surface area contributed by atoms with Crippen LogP contribution in [0, 0.1) is 0 Å². The van der Waals surface area contributed by atoms with E-state index >= 15 is 0 Å². The number of carbonyl (C=O) groups excluding carboxylic acids is 1. The second-order valence-electron chi connectivity index (χ2n) is 6.52. The van der Waals surface area contributed by atoms with Crippen LogP contribution in [0.5, 0.6) is 5.75 Å². The van der Waals surface area contributed by atoms with Crippen molar-refractivity contribution in [2.24, 2.45) is 0 Å². The van der Waals surface area contributed by atoms with Gasteiger partial charge in [0.1, 0.15) is 5.75 Å². The van der Waals surface area contributed by atoms with E-state index in [9.17, 15) is 14.7 Å². The van der Waals surface area contributed by atoms with Crippen LogP contribution in [0.3, 0.4) is 0 Å². The van der Waals surface area contributed by atoms with Gasteiger partial charge in [0.2, 0.25) is 0 Å². The van der Waals surface area contributed by atoms with Crippen molar-refractivity contribution in [2.75, 3.05) is 0 Å². The molecule has 142 valence electrons. The summed E-state index contributed by atoms with van der Waals surface area (Å²) in [6, 6.07) is 23.1. The number of rotatable bonds is 5. The average Bonchev–Trinajstić information content (AvgIpc) is 3.15. The van der Waals surface area contributed by atoms with Gasteiger partial charge in [-0.2, -0.15) is 0 Å². The van der Waals surface area contributed by atoms with E-state index in [-0.39, 0.29) is 17.2 Å². The Kier molecular flexibility index (Phi) is 4.95. The highest BCUT2D eigenvalue weighted by atomic mass is 16.3. The summed E-state index contributed by atoms with van der Waals surface area (Å²) in [5.74, 6) is 0.00134. The third-order valence-corrected chi connectivity index (χ3v) is 4.56. The number of imidazole rings is 1. The third-order valence-electron chi connectivity index (χ3n) is 4.56. The molecular weight excluding hydrogens is 364 g/mol. The Hall–Kier alpha value is -4.12. The van der Waals surface area contributed by atoms with E-state index in [1.165, 1.54) is 10.6 Å². The second-order valence-corrected chi connectivity index (χ2v) is 6.52. The van der Waals surface area contributed by atoms with Crippen molar-refractivity contribution in [2.45, 2.75) is 0 Å². The normalized spacial score (nSPS) is 11.0. The molecule has 0 atom stereocenters. The first-order chi connectivity index (χ1) is 14.1. The Morgan fingerprint density at radius 2 is 1.69 bits per heavy atom. The van der Waals surface area contributed by atoms with Crippen molar-refractivity contribution < 1.29 is 9.90 Å². The summed E-state index contributed by atoms with van der Waals surface area (Å²) >= 11 is 0. The van der Waals surface area contributed by atoms with Crippen LogP contribution in [-0.4, -0.2) is 20.4 Å². The number of phenolic OH excluding ortho intramolecular Hbond substituents is 1. The summed E-state index contributed by atoms with van der Waals surface area (Å²) in [6.45, 7) is 0. The predicted molar refractivity (Wildman–Crippen MR) is 113 cm³/mol. The average molecular weight is 382 g/mol. The zero-order valence-electron chi connectivity index (χ0n) is 15.4. The molecule has 1 heterocycles. The molecule has 29 heavy (non-hydrogen) atoms. The van der Waals surface area contributed by atoms with Gasteiger partial charge in [-0.25, -0.2) is 4.79 Å². The van der Waals surface area contributed by atoms with Crippen molar-refractivity contribution in [3.05, 3.63) is 113 Å². The minimum Gasteiger partial charge on any atom is -0.508 e. The Morgan fingerprint density at radius 1 is 0.931 bits per heavy atom. The number of benzene rings is 3. The summed E-state index contributed by atoms with van der Waals surface area (Å²) in [5.41, 5.74) is 3.10. The van der Waals surface area contributed by atoms with Crippen LogP contribution in [0.2, 0.25) is 0 Å². The maximum Gasteiger partial charge on any atom is 0.330 e. The lowest BCUT2D eigenvalue weighted by Crippen LogP contribution is -2.16. The van der Waals surface area contributed by atoms with Gasteiger partial charge in [0.25, 0.3) is 0 Å². The first-order valence-corrected chi connectivity index (χ1v) is 9.09. The quantitative estimate of drug-likeness (QED) is 0.396. The number of ketones is 1. The van der Waals surface area contributed by atoms with Gasteiger partial charge >= 0.3 is 5.69 Å². The van der Waals surface area contributed by atoms with Gasteiger partial charge in [0, 0.05) is 17.3 Å². The molecule has 0 saturated carbocycles. The largest absolute Gasteiger partial charge is 0.508 e. The molecule has 0 aliphatic heterocycles. The van der Waals surface area contributed by atoms with E-state index in [0.29, 0.717) is 16.9 Å². The summed E-state index contributed by atoms with van der Waals surface area (Å²) in [5, 5.41) is 9.51. The van der Waals surface area contributed by atoms with Gasteiger partial charge in [0.15, 0.2) is 5.78 Å². The minimum atomic E-state index is -0.308. The Morgan fingerprint density at radius 3 is 2.45 bits per heavy atom. The first kappa shape index (κ1) is 18.3. The molecule has 5 nitrogen and oxygen atoms in total. The molecule has 0 spiro atoms. The molecule has 4 rings (SSSR count). The monoisotopic (exact) mass is 382 g/mol. The second kappa shape index (κ2) is 7.86. The van der Waals surface area contributed by atoms with Crippen LogP contribution in [-0.2, 0) is 0 Å². The molecule has 0 unspecified atom stereocenters. The SMILES string of the molecule is O=C(C=Cc1ccccc1)c1cccc(-n2c(-c3ccc(O)cc3)c[nH]c2=O)c1. The summed E-state index contributed by atoms with van der Waals surface area (Å²) in [7, 11) is 0. The van der Waals surface area contributed by atoms with Crippen molar-refractivity contribution >= 4 is 11.9 Å². The lowest BCUT2D eigenvalue weighted by molar-refractivity contribution is 0.104. The molecule has 0 aliphatic rings. The van der Waals surface area contributed by atoms with Crippen LogP contribution in [0.25, 0.3) is 23.0 Å². The fourth-order valence-corrected chi connectivity index (χ4v) is 3.10. The molecule has 5 heteroatoms. The molecule has 0 saturated heterocycles. The van der Waals surface area contributed by atoms with Crippen molar-refractivity contribution in [1.29, 1.82) is 0 Å². The van der Waals surface area contributed by atoms with Gasteiger partial charge in [-0.3, -0.25) is 9.36 Å². The smallest absolute Gasteiger partial charge is 0.330 e. The number of aromatic hydroxyl groups is 1. The van der Waals surface area contributed by atoms with Crippen LogP contribution < -0.4 is 5.69 Å². The number of allylic oxidation sites excluding steroid dienone is 1. The highest BCUT2D eigenvalue weighted by molar-refractivity contribution is 6.07. The number of phenols is 1. The fraction of sp³-hybridized carbons (Fsp3) is 0. The molecule has 0 amide bonds. The molecule has 0 radical (unpaired) electrons. The van der Waals surface area contributed by atoms with E-state index in [2.05, 4.69) is 4.98 Å². The van der Waals surface area contributed by atoms with Crippen LogP contribution in [0.15, 0.2) is 95.9 Å². The van der Waals surface area contributed by atoms with Gasteiger partial charge in [-0.1, -0.05) is 48.5 Å². The molecule has 4 aromatic rings. The number of aromatic nitrogens is 2. The molecule has 0 bridgehead atoms. The zero-order chi connectivity index (χ0) is 20.2. The van der Waals surface area contributed by atoms with E-state index in [0.717, 1.165) is 11.1 Å². The molecule has 3 aromatic carbocycles. The zero-order valence-corrected chi connectivity index (χ0v) is 15.4. The van der Waals surface area contributed by atoms with Gasteiger partial charge in [-0.15, -0.1) is 0 Å². The predicted octanol–water partition coefficient (Wildman–Crippen LogP) is 4.43. The molecule has 2 N–H and O–H groups in total. The van der Waals surface area contributed by atoms with E-state index in [4.69, 9.17) is 0 Å². The van der Waals surface area contributed by atoms with E-state index < -0.39 is 0 Å². The number of aromatic amines is 1. The maximum atomic E-state index is 12.6. The van der Waals surface area contributed by atoms with Crippen molar-refractivity contribution in [3.8, 4) is 22.7 Å². The molecule has 0 fully saturated rings. The number of carbonyl (C=O) groups is 1. The van der Waals surface area contributed by atoms with Crippen LogP contribution in [0.1, 0.15) is 15.9 Å². The summed E-state index contributed by atoms with van der Waals surface area (Å²) in [6.07, 6.45) is 4.90. The number of hydrogen-bond acceptors (Lipinski definition) is 3. The number of hydrogen-bond donors (Lipinski definition) is 2. The fourth-order valence-electron chi connectivity index (χ4n) is 3.10. The topological polar surface area (TPSA) is 75.1 Å². The van der Waals surface area contributed by atoms with Crippen LogP contribution in [0.4, 0.5) is 0 Å². The number of nitrogens with zero attached hydrogens (tertiary/aromatic N) is 1. The Labute approximate surface area is 167 Å². The molecular formula is C24H18N2O3. The standard InChI is InChI=1S/C24H18N2O3/c27-21-12-10-18(11-13-21)22-16-25-24(29)26(22)20-8-4-7-19(15-20)23(28)14-9-17-5-2-1-3-6-17/h1-16,27H,(H,25,29). The summed E-state index contributed by atoms with van der Waals surface area (Å²) < 4.78 is 1.50. The number of nitrogens with one attached hydrogen (secondary N) is 1. The highest BCUT2D eigenvalue weighted by Crippen LogP contribution is 2.23. The molecule has 1 aromatic heterocycles. The molecule has 0 aliphatic carbocycles. The van der Waals surface area contributed by atoms with E-state index in [1.54, 1.807) is 60.8 Å². The Balaban J connectivity index is 1.69. The van der Waals surface area contributed by atoms with E-state index in [1.807, 2.05) is 30.3 Å². The van der Waals surface area contributed by atoms with Crippen molar-refractivity contribution in [3.63, 3.8) is 0 Å². The van der Waals surface area contributed by atoms with Gasteiger partial charge in [-0.05, 0) is 48.0 Å². The Bertz CT molecular complexity index is 1230. The first-order valence-electron chi connectivity index (χ1n) is 9.09. The minimum absolute atomic E-state index is 0.148.